The fourth-order valence-corrected chi connectivity index (χ4v) is 1.32. The van der Waals surface area contributed by atoms with Crippen LogP contribution in [0.5, 0.6) is 0 Å². The first-order valence-electron chi connectivity index (χ1n) is 5.03. The molecule has 1 rings (SSSR count). The lowest BCUT2D eigenvalue weighted by molar-refractivity contribution is -0.125. The number of hydrogen-bond donors (Lipinski definition) is 3. The molecule has 0 radical (unpaired) electrons. The van der Waals surface area contributed by atoms with E-state index in [1.54, 1.807) is 0 Å². The van der Waals surface area contributed by atoms with Gasteiger partial charge in [-0.1, -0.05) is 0 Å². The van der Waals surface area contributed by atoms with Crippen LogP contribution in [0.25, 0.3) is 0 Å². The lowest BCUT2D eigenvalue weighted by Gasteiger charge is -2.09. The third kappa shape index (κ3) is 4.75. The van der Waals surface area contributed by atoms with Gasteiger partial charge in [0.2, 0.25) is 11.8 Å². The van der Waals surface area contributed by atoms with Crippen LogP contribution in [-0.4, -0.2) is 44.7 Å². The normalized spacial score (nSPS) is 19.9. The molecule has 0 spiro atoms. The lowest BCUT2D eigenvalue weighted by atomic mass is 10.1. The Morgan fingerprint density at radius 1 is 1.33 bits per heavy atom. The Bertz CT molecular complexity index is 227. The maximum atomic E-state index is 11.2. The van der Waals surface area contributed by atoms with Gasteiger partial charge in [-0.15, -0.1) is 0 Å². The lowest BCUT2D eigenvalue weighted by Crippen LogP contribution is -2.40. The maximum Gasteiger partial charge on any atom is 0.239 e. The number of nitrogens with one attached hydrogen (secondary N) is 2. The highest BCUT2D eigenvalue weighted by Crippen LogP contribution is 2.10. The van der Waals surface area contributed by atoms with E-state index in [0.29, 0.717) is 19.1 Å². The summed E-state index contributed by atoms with van der Waals surface area (Å²) in [6.45, 7) is 1.98. The van der Waals surface area contributed by atoms with Crippen LogP contribution in [0.1, 0.15) is 6.42 Å². The minimum Gasteiger partial charge on any atom is -0.381 e. The number of amides is 2. The number of carbonyl (C=O) groups excluding carboxylic acids is 2. The molecule has 15 heavy (non-hydrogen) atoms. The molecule has 1 atom stereocenters. The molecular weight excluding hydrogens is 198 g/mol. The zero-order valence-corrected chi connectivity index (χ0v) is 8.62. The second-order valence-corrected chi connectivity index (χ2v) is 3.51. The van der Waals surface area contributed by atoms with Crippen molar-refractivity contribution in [2.75, 3.05) is 32.8 Å². The molecule has 1 saturated heterocycles. The van der Waals surface area contributed by atoms with E-state index in [9.17, 15) is 9.59 Å². The Hall–Kier alpha value is -1.14. The van der Waals surface area contributed by atoms with Gasteiger partial charge in [0.05, 0.1) is 19.7 Å². The summed E-state index contributed by atoms with van der Waals surface area (Å²) in [6, 6.07) is 0. The van der Waals surface area contributed by atoms with E-state index >= 15 is 0 Å². The van der Waals surface area contributed by atoms with Crippen LogP contribution in [0.3, 0.4) is 0 Å². The third-order valence-corrected chi connectivity index (χ3v) is 2.24. The van der Waals surface area contributed by atoms with E-state index in [1.165, 1.54) is 0 Å². The highest BCUT2D eigenvalue weighted by atomic mass is 16.5. The molecule has 0 aliphatic carbocycles. The minimum absolute atomic E-state index is 0.0103. The second-order valence-electron chi connectivity index (χ2n) is 3.51. The van der Waals surface area contributed by atoms with Crippen LogP contribution in [-0.2, 0) is 14.3 Å². The summed E-state index contributed by atoms with van der Waals surface area (Å²) in [4.78, 5) is 22.0. The van der Waals surface area contributed by atoms with Crippen molar-refractivity contribution in [1.82, 2.24) is 10.6 Å². The van der Waals surface area contributed by atoms with Crippen molar-refractivity contribution < 1.29 is 14.3 Å². The van der Waals surface area contributed by atoms with Gasteiger partial charge in [-0.05, 0) is 6.42 Å². The van der Waals surface area contributed by atoms with Crippen LogP contribution in [0.15, 0.2) is 0 Å². The molecular formula is C9H17N3O3. The molecule has 86 valence electrons. The van der Waals surface area contributed by atoms with E-state index in [1.807, 2.05) is 0 Å². The van der Waals surface area contributed by atoms with Crippen molar-refractivity contribution in [1.29, 1.82) is 0 Å². The van der Waals surface area contributed by atoms with Gasteiger partial charge < -0.3 is 21.1 Å². The summed E-state index contributed by atoms with van der Waals surface area (Å²) in [5, 5.41) is 5.13. The number of carbonyl (C=O) groups is 2. The Morgan fingerprint density at radius 3 is 2.73 bits per heavy atom. The van der Waals surface area contributed by atoms with Crippen molar-refractivity contribution >= 4 is 11.8 Å². The van der Waals surface area contributed by atoms with E-state index in [0.717, 1.165) is 13.0 Å². The Morgan fingerprint density at radius 2 is 2.13 bits per heavy atom. The summed E-state index contributed by atoms with van der Waals surface area (Å²) in [5.74, 6) is -0.114. The van der Waals surface area contributed by atoms with Crippen LogP contribution < -0.4 is 16.4 Å². The molecule has 0 bridgehead atoms. The fourth-order valence-electron chi connectivity index (χ4n) is 1.32. The number of ether oxygens (including phenoxy) is 1. The first-order chi connectivity index (χ1) is 7.22. The molecule has 1 aliphatic heterocycles. The molecule has 1 heterocycles. The average molecular weight is 215 g/mol. The molecule has 1 unspecified atom stereocenters. The van der Waals surface area contributed by atoms with Crippen molar-refractivity contribution in [2.24, 2.45) is 11.7 Å². The van der Waals surface area contributed by atoms with Crippen LogP contribution in [0.4, 0.5) is 0 Å². The summed E-state index contributed by atoms with van der Waals surface area (Å²) >= 11 is 0. The molecule has 0 aromatic carbocycles. The summed E-state index contributed by atoms with van der Waals surface area (Å²) in [7, 11) is 0. The van der Waals surface area contributed by atoms with E-state index in [-0.39, 0.29) is 24.9 Å². The topological polar surface area (TPSA) is 93.5 Å². The molecule has 2 amide bonds. The Balaban J connectivity index is 2.05. The van der Waals surface area contributed by atoms with Gasteiger partial charge in [0.1, 0.15) is 0 Å². The Kier molecular flexibility index (Phi) is 5.06. The predicted molar refractivity (Wildman–Crippen MR) is 54.0 cm³/mol. The van der Waals surface area contributed by atoms with Gasteiger partial charge >= 0.3 is 0 Å². The molecule has 6 heteroatoms. The summed E-state index contributed by atoms with van der Waals surface area (Å²) < 4.78 is 5.17. The monoisotopic (exact) mass is 215 g/mol. The molecule has 6 nitrogen and oxygen atoms in total. The SMILES string of the molecule is NCC(=O)NCC(=O)NCC1CCOC1. The molecule has 4 N–H and O–H groups in total. The fraction of sp³-hybridized carbons (Fsp3) is 0.778. The quantitative estimate of drug-likeness (QED) is 0.505. The largest absolute Gasteiger partial charge is 0.381 e. The average Bonchev–Trinajstić information content (AvgIpc) is 2.75. The van der Waals surface area contributed by atoms with Gasteiger partial charge in [-0.3, -0.25) is 9.59 Å². The predicted octanol–water partition coefficient (Wildman–Crippen LogP) is -1.79. The summed E-state index contributed by atoms with van der Waals surface area (Å²) in [5.41, 5.74) is 5.07. The van der Waals surface area contributed by atoms with Gasteiger partial charge in [0, 0.05) is 19.1 Å². The standard InChI is InChI=1S/C9H17N3O3/c10-3-8(13)12-5-9(14)11-4-7-1-2-15-6-7/h7H,1-6,10H2,(H,11,14)(H,12,13). The van der Waals surface area contributed by atoms with E-state index < -0.39 is 0 Å². The van der Waals surface area contributed by atoms with Crippen molar-refractivity contribution in [3.63, 3.8) is 0 Å². The smallest absolute Gasteiger partial charge is 0.239 e. The Labute approximate surface area is 88.5 Å². The van der Waals surface area contributed by atoms with Gasteiger partial charge in [0.15, 0.2) is 0 Å². The molecule has 0 aromatic rings. The van der Waals surface area contributed by atoms with Gasteiger partial charge in [0.25, 0.3) is 0 Å². The molecule has 0 aromatic heterocycles. The van der Waals surface area contributed by atoms with Gasteiger partial charge in [-0.25, -0.2) is 0 Å². The van der Waals surface area contributed by atoms with Crippen molar-refractivity contribution in [3.05, 3.63) is 0 Å². The molecule has 1 fully saturated rings. The highest BCUT2D eigenvalue weighted by molar-refractivity contribution is 5.85. The summed E-state index contributed by atoms with van der Waals surface area (Å²) in [6.07, 6.45) is 0.982. The van der Waals surface area contributed by atoms with Crippen molar-refractivity contribution in [2.45, 2.75) is 6.42 Å². The zero-order chi connectivity index (χ0) is 11.1. The first-order valence-corrected chi connectivity index (χ1v) is 5.03. The second kappa shape index (κ2) is 6.36. The molecule has 0 saturated carbocycles. The molecule has 1 aliphatic rings. The van der Waals surface area contributed by atoms with E-state index in [2.05, 4.69) is 10.6 Å². The van der Waals surface area contributed by atoms with Crippen LogP contribution in [0, 0.1) is 5.92 Å². The number of rotatable bonds is 5. The number of nitrogens with two attached hydrogens (primary N) is 1. The minimum atomic E-state index is -0.325. The maximum absolute atomic E-state index is 11.2. The van der Waals surface area contributed by atoms with Gasteiger partial charge in [-0.2, -0.15) is 0 Å². The van der Waals surface area contributed by atoms with E-state index in [4.69, 9.17) is 10.5 Å². The zero-order valence-electron chi connectivity index (χ0n) is 8.62. The van der Waals surface area contributed by atoms with Crippen LogP contribution >= 0.6 is 0 Å². The highest BCUT2D eigenvalue weighted by Gasteiger charge is 2.16. The van der Waals surface area contributed by atoms with Crippen LogP contribution in [0.2, 0.25) is 0 Å². The third-order valence-electron chi connectivity index (χ3n) is 2.24. The first kappa shape index (κ1) is 11.9. The number of hydrogen-bond acceptors (Lipinski definition) is 4. The van der Waals surface area contributed by atoms with Crippen molar-refractivity contribution in [3.8, 4) is 0 Å².